The summed E-state index contributed by atoms with van der Waals surface area (Å²) in [6.45, 7) is 4.29. The van der Waals surface area contributed by atoms with E-state index >= 15 is 0 Å². The van der Waals surface area contributed by atoms with E-state index in [-0.39, 0.29) is 24.0 Å². The number of halogens is 2. The van der Waals surface area contributed by atoms with Crippen molar-refractivity contribution in [2.45, 2.75) is 18.4 Å². The zero-order valence-corrected chi connectivity index (χ0v) is 17.4. The molecule has 0 aliphatic rings. The quantitative estimate of drug-likeness (QED) is 0.207. The maximum Gasteiger partial charge on any atom is 0.191 e. The second-order valence-electron chi connectivity index (χ2n) is 4.75. The van der Waals surface area contributed by atoms with Gasteiger partial charge in [0.2, 0.25) is 0 Å². The second kappa shape index (κ2) is 12.4. The van der Waals surface area contributed by atoms with Crippen molar-refractivity contribution in [3.05, 3.63) is 59.4 Å². The molecule has 2 N–H and O–H groups in total. The Morgan fingerprint density at radius 1 is 1.17 bits per heavy atom. The third-order valence-electron chi connectivity index (χ3n) is 2.95. The molecule has 0 atom stereocenters. The fourth-order valence-corrected chi connectivity index (χ4v) is 2.76. The van der Waals surface area contributed by atoms with Gasteiger partial charge in [-0.1, -0.05) is 17.7 Å². The molecule has 0 radical (unpaired) electrons. The summed E-state index contributed by atoms with van der Waals surface area (Å²) in [5, 5.41) is 7.35. The molecule has 7 heteroatoms. The first-order valence-electron chi connectivity index (χ1n) is 7.58. The van der Waals surface area contributed by atoms with Gasteiger partial charge in [-0.3, -0.25) is 4.98 Å². The molecule has 0 unspecified atom stereocenters. The van der Waals surface area contributed by atoms with E-state index in [1.54, 1.807) is 18.0 Å². The smallest absolute Gasteiger partial charge is 0.191 e. The van der Waals surface area contributed by atoms with E-state index in [1.165, 1.54) is 4.90 Å². The van der Waals surface area contributed by atoms with Crippen LogP contribution in [0.3, 0.4) is 0 Å². The van der Waals surface area contributed by atoms with Crippen molar-refractivity contribution in [2.24, 2.45) is 4.99 Å². The normalized spacial score (nSPS) is 10.8. The molecule has 130 valence electrons. The lowest BCUT2D eigenvalue weighted by Crippen LogP contribution is -2.38. The molecule has 0 saturated carbocycles. The summed E-state index contributed by atoms with van der Waals surface area (Å²) >= 11 is 7.67. The summed E-state index contributed by atoms with van der Waals surface area (Å²) in [6.07, 6.45) is 1.79. The number of rotatable bonds is 7. The molecule has 1 heterocycles. The van der Waals surface area contributed by atoms with Crippen molar-refractivity contribution >= 4 is 53.3 Å². The Hall–Kier alpha value is -0.990. The first-order valence-corrected chi connectivity index (χ1v) is 8.94. The van der Waals surface area contributed by atoms with Crippen LogP contribution in [0, 0.1) is 0 Å². The first-order chi connectivity index (χ1) is 11.3. The van der Waals surface area contributed by atoms with Gasteiger partial charge in [0.05, 0.1) is 12.2 Å². The van der Waals surface area contributed by atoms with E-state index in [9.17, 15) is 0 Å². The molecule has 2 rings (SSSR count). The molecule has 0 aliphatic heterocycles. The number of nitrogens with one attached hydrogen (secondary N) is 2. The lowest BCUT2D eigenvalue weighted by atomic mass is 10.3. The van der Waals surface area contributed by atoms with Crippen molar-refractivity contribution in [1.29, 1.82) is 0 Å². The van der Waals surface area contributed by atoms with Crippen LogP contribution in [0.15, 0.2) is 58.5 Å². The van der Waals surface area contributed by atoms with Gasteiger partial charge in [0, 0.05) is 35.0 Å². The summed E-state index contributed by atoms with van der Waals surface area (Å²) in [5.74, 6) is 1.77. The Morgan fingerprint density at radius 3 is 2.62 bits per heavy atom. The predicted molar refractivity (Wildman–Crippen MR) is 115 cm³/mol. The number of pyridine rings is 1. The van der Waals surface area contributed by atoms with Crippen LogP contribution in [-0.4, -0.2) is 29.8 Å². The summed E-state index contributed by atoms with van der Waals surface area (Å²) in [7, 11) is 0. The molecule has 24 heavy (non-hydrogen) atoms. The largest absolute Gasteiger partial charge is 0.357 e. The Bertz CT molecular complexity index is 608. The number of hydrogen-bond acceptors (Lipinski definition) is 3. The molecule has 0 amide bonds. The number of benzene rings is 1. The number of guanidine groups is 1. The maximum atomic E-state index is 5.88. The van der Waals surface area contributed by atoms with Crippen molar-refractivity contribution in [3.8, 4) is 0 Å². The lowest BCUT2D eigenvalue weighted by molar-refractivity contribution is 0.837. The van der Waals surface area contributed by atoms with Crippen LogP contribution in [0.5, 0.6) is 0 Å². The molecule has 0 spiro atoms. The highest BCUT2D eigenvalue weighted by Crippen LogP contribution is 2.19. The van der Waals surface area contributed by atoms with Crippen molar-refractivity contribution in [3.63, 3.8) is 0 Å². The van der Waals surface area contributed by atoms with Gasteiger partial charge in [-0.15, -0.1) is 35.7 Å². The molecule has 0 saturated heterocycles. The van der Waals surface area contributed by atoms with Gasteiger partial charge in [0.25, 0.3) is 0 Å². The molecule has 2 aromatic rings. The fourth-order valence-electron chi connectivity index (χ4n) is 1.86. The maximum absolute atomic E-state index is 5.88. The minimum Gasteiger partial charge on any atom is -0.357 e. The molecule has 1 aromatic carbocycles. The van der Waals surface area contributed by atoms with E-state index in [4.69, 9.17) is 11.6 Å². The van der Waals surface area contributed by atoms with Crippen LogP contribution >= 0.6 is 47.3 Å². The number of thioether (sulfide) groups is 1. The van der Waals surface area contributed by atoms with E-state index < -0.39 is 0 Å². The van der Waals surface area contributed by atoms with Crippen molar-refractivity contribution < 1.29 is 0 Å². The van der Waals surface area contributed by atoms with Gasteiger partial charge >= 0.3 is 0 Å². The van der Waals surface area contributed by atoms with Crippen LogP contribution in [-0.2, 0) is 6.54 Å². The van der Waals surface area contributed by atoms with Crippen LogP contribution < -0.4 is 10.6 Å². The predicted octanol–water partition coefficient (Wildman–Crippen LogP) is 4.20. The van der Waals surface area contributed by atoms with Gasteiger partial charge in [0.1, 0.15) is 0 Å². The number of aromatic nitrogens is 1. The number of nitrogens with zero attached hydrogens (tertiary/aromatic N) is 2. The monoisotopic (exact) mass is 476 g/mol. The molecule has 0 aliphatic carbocycles. The summed E-state index contributed by atoms with van der Waals surface area (Å²) in [6, 6.07) is 13.8. The van der Waals surface area contributed by atoms with E-state index in [0.29, 0.717) is 6.54 Å². The van der Waals surface area contributed by atoms with E-state index in [0.717, 1.165) is 35.5 Å². The summed E-state index contributed by atoms with van der Waals surface area (Å²) < 4.78 is 0. The SMILES string of the molecule is CCNC(=NCc1ccccn1)NCCSc1ccc(Cl)cc1.I. The molecule has 4 nitrogen and oxygen atoms in total. The number of hydrogen-bond donors (Lipinski definition) is 2. The van der Waals surface area contributed by atoms with Gasteiger partial charge in [-0.25, -0.2) is 4.99 Å². The Kier molecular flexibility index (Phi) is 10.9. The van der Waals surface area contributed by atoms with E-state index in [1.807, 2.05) is 42.5 Å². The average molecular weight is 477 g/mol. The third-order valence-corrected chi connectivity index (χ3v) is 4.21. The molecule has 1 aromatic heterocycles. The Morgan fingerprint density at radius 2 is 1.96 bits per heavy atom. The zero-order chi connectivity index (χ0) is 16.3. The van der Waals surface area contributed by atoms with Gasteiger partial charge in [-0.05, 0) is 43.3 Å². The van der Waals surface area contributed by atoms with Gasteiger partial charge < -0.3 is 10.6 Å². The zero-order valence-electron chi connectivity index (χ0n) is 13.5. The number of aliphatic imine (C=N–C) groups is 1. The standard InChI is InChI=1S/C17H21ClN4S.HI/c1-2-19-17(22-13-15-5-3-4-10-20-15)21-11-12-23-16-8-6-14(18)7-9-16;/h3-10H,2,11-13H2,1H3,(H2,19,21,22);1H. The topological polar surface area (TPSA) is 49.3 Å². The van der Waals surface area contributed by atoms with Crippen LogP contribution in [0.2, 0.25) is 5.02 Å². The highest BCUT2D eigenvalue weighted by Gasteiger charge is 1.99. The highest BCUT2D eigenvalue weighted by atomic mass is 127. The van der Waals surface area contributed by atoms with Gasteiger partial charge in [0.15, 0.2) is 5.96 Å². The second-order valence-corrected chi connectivity index (χ2v) is 6.35. The molecular formula is C17H22ClIN4S. The summed E-state index contributed by atoms with van der Waals surface area (Å²) in [5.41, 5.74) is 0.959. The third kappa shape index (κ3) is 8.21. The Balaban J connectivity index is 0.00000288. The van der Waals surface area contributed by atoms with Gasteiger partial charge in [-0.2, -0.15) is 0 Å². The average Bonchev–Trinajstić information content (AvgIpc) is 2.59. The molecule has 0 fully saturated rings. The fraction of sp³-hybridized carbons (Fsp3) is 0.294. The van der Waals surface area contributed by atoms with E-state index in [2.05, 4.69) is 27.5 Å². The highest BCUT2D eigenvalue weighted by molar-refractivity contribution is 14.0. The van der Waals surface area contributed by atoms with Crippen LogP contribution in [0.25, 0.3) is 0 Å². The van der Waals surface area contributed by atoms with Crippen LogP contribution in [0.1, 0.15) is 12.6 Å². The van der Waals surface area contributed by atoms with Crippen LogP contribution in [0.4, 0.5) is 0 Å². The first kappa shape index (κ1) is 21.1. The Labute approximate surface area is 169 Å². The minimum absolute atomic E-state index is 0. The minimum atomic E-state index is 0. The lowest BCUT2D eigenvalue weighted by Gasteiger charge is -2.11. The van der Waals surface area contributed by atoms with Crippen molar-refractivity contribution in [1.82, 2.24) is 15.6 Å². The van der Waals surface area contributed by atoms with Crippen molar-refractivity contribution in [2.75, 3.05) is 18.8 Å². The molecule has 0 bridgehead atoms. The summed E-state index contributed by atoms with van der Waals surface area (Å²) in [4.78, 5) is 10.0. The molecular weight excluding hydrogens is 455 g/mol.